The molecule has 0 fully saturated rings. The Hall–Kier alpha value is -4.71. The number of carbonyl (C=O) groups is 2. The van der Waals surface area contributed by atoms with Crippen LogP contribution in [0.1, 0.15) is 64.4 Å². The zero-order chi connectivity index (χ0) is 35.7. The van der Waals surface area contributed by atoms with Gasteiger partial charge in [0, 0.05) is 29.2 Å². The normalized spacial score (nSPS) is 14.0. The topological polar surface area (TPSA) is 94.7 Å². The SMILES string of the molecule is O=C(CSc1nnc(Cc2ccc3ccccc3c2)n1-c1ccccc1)Nc1ccc2nc(SCC(=O)n3c4c(c5c3CCCC5)CCCC4)sc2c1. The molecule has 4 aromatic carbocycles. The molecular weight excluding hydrogens is 717 g/mol. The second-order valence-corrected chi connectivity index (χ2v) is 16.9. The fourth-order valence-electron chi connectivity index (χ4n) is 7.82. The van der Waals surface area contributed by atoms with Crippen LogP contribution < -0.4 is 5.32 Å². The van der Waals surface area contributed by atoms with Gasteiger partial charge in [-0.05, 0) is 109 Å². The van der Waals surface area contributed by atoms with Gasteiger partial charge in [0.1, 0.15) is 5.82 Å². The average Bonchev–Trinajstić information content (AvgIpc) is 3.89. The van der Waals surface area contributed by atoms with Crippen LogP contribution in [0.25, 0.3) is 26.7 Å². The number of nitrogens with one attached hydrogen (secondary N) is 1. The molecule has 0 bridgehead atoms. The predicted molar refractivity (Wildman–Crippen MR) is 216 cm³/mol. The number of para-hydroxylation sites is 1. The molecule has 1 N–H and O–H groups in total. The smallest absolute Gasteiger partial charge is 0.241 e. The van der Waals surface area contributed by atoms with Crippen molar-refractivity contribution in [2.24, 2.45) is 0 Å². The maximum Gasteiger partial charge on any atom is 0.241 e. The summed E-state index contributed by atoms with van der Waals surface area (Å²) in [6.07, 6.45) is 9.63. The van der Waals surface area contributed by atoms with Crippen molar-refractivity contribution >= 4 is 73.4 Å². The van der Waals surface area contributed by atoms with E-state index in [0.29, 0.717) is 23.0 Å². The zero-order valence-corrected chi connectivity index (χ0v) is 31.7. The van der Waals surface area contributed by atoms with Gasteiger partial charge in [0.15, 0.2) is 9.50 Å². The van der Waals surface area contributed by atoms with Crippen molar-refractivity contribution in [3.8, 4) is 5.69 Å². The maximum absolute atomic E-state index is 13.7. The largest absolute Gasteiger partial charge is 0.325 e. The van der Waals surface area contributed by atoms with Crippen LogP contribution in [0.4, 0.5) is 5.69 Å². The number of fused-ring (bicyclic) bond motifs is 5. The summed E-state index contributed by atoms with van der Waals surface area (Å²) < 4.78 is 5.97. The minimum atomic E-state index is -0.129. The highest BCUT2D eigenvalue weighted by Gasteiger charge is 2.29. The van der Waals surface area contributed by atoms with Crippen LogP contribution >= 0.6 is 34.9 Å². The summed E-state index contributed by atoms with van der Waals surface area (Å²) in [5.41, 5.74) is 9.17. The fraction of sp³-hybridized carbons (Fsp3) is 0.262. The minimum Gasteiger partial charge on any atom is -0.325 e. The summed E-state index contributed by atoms with van der Waals surface area (Å²) in [4.78, 5) is 31.7. The number of carbonyl (C=O) groups excluding carboxylic acids is 2. The molecule has 3 aromatic heterocycles. The van der Waals surface area contributed by atoms with E-state index in [1.54, 1.807) is 11.3 Å². The first kappa shape index (κ1) is 34.1. The Kier molecular flexibility index (Phi) is 9.62. The van der Waals surface area contributed by atoms with Gasteiger partial charge >= 0.3 is 0 Å². The average molecular weight is 755 g/mol. The molecule has 0 saturated heterocycles. The number of benzene rings is 4. The van der Waals surface area contributed by atoms with Gasteiger partial charge in [-0.1, -0.05) is 84.2 Å². The van der Waals surface area contributed by atoms with Gasteiger partial charge in [0.2, 0.25) is 11.8 Å². The first-order chi connectivity index (χ1) is 26.1. The van der Waals surface area contributed by atoms with E-state index in [4.69, 9.17) is 4.98 Å². The first-order valence-electron chi connectivity index (χ1n) is 18.3. The second-order valence-electron chi connectivity index (χ2n) is 13.7. The molecule has 9 rings (SSSR count). The summed E-state index contributed by atoms with van der Waals surface area (Å²) in [6.45, 7) is 0. The highest BCUT2D eigenvalue weighted by molar-refractivity contribution is 8.01. The van der Waals surface area contributed by atoms with Gasteiger partial charge in [-0.25, -0.2) is 4.98 Å². The molecular formula is C42H38N6O2S3. The number of aromatic nitrogens is 5. The molecule has 1 amide bonds. The fourth-order valence-corrected chi connectivity index (χ4v) is 10.5. The highest BCUT2D eigenvalue weighted by Crippen LogP contribution is 2.36. The minimum absolute atomic E-state index is 0.129. The van der Waals surface area contributed by atoms with E-state index in [1.807, 2.05) is 59.2 Å². The molecule has 266 valence electrons. The molecule has 0 radical (unpaired) electrons. The first-order valence-corrected chi connectivity index (χ1v) is 21.1. The number of nitrogens with zero attached hydrogens (tertiary/aromatic N) is 5. The monoisotopic (exact) mass is 754 g/mol. The molecule has 11 heteroatoms. The van der Waals surface area contributed by atoms with Gasteiger partial charge < -0.3 is 5.32 Å². The Labute approximate surface area is 320 Å². The van der Waals surface area contributed by atoms with Crippen molar-refractivity contribution in [3.63, 3.8) is 0 Å². The standard InChI is InChI=1S/C42H38N6O2S3/c49-39(25-51-41-46-45-38(47(41)31-12-2-1-3-13-31)23-27-18-19-28-10-4-5-11-29(28)22-27)43-30-20-21-34-37(24-30)53-42(44-34)52-26-40(50)48-35-16-8-6-14-32(35)33-15-7-9-17-36(33)48/h1-5,10-13,18-22,24H,6-9,14-17,23,25-26H2,(H,43,49). The van der Waals surface area contributed by atoms with Gasteiger partial charge in [0.25, 0.3) is 0 Å². The lowest BCUT2D eigenvalue weighted by atomic mass is 9.89. The van der Waals surface area contributed by atoms with Crippen molar-refractivity contribution in [1.29, 1.82) is 0 Å². The predicted octanol–water partition coefficient (Wildman–Crippen LogP) is 9.34. The van der Waals surface area contributed by atoms with Crippen molar-refractivity contribution in [1.82, 2.24) is 24.3 Å². The van der Waals surface area contributed by atoms with Crippen LogP contribution in [0.3, 0.4) is 0 Å². The molecule has 3 heterocycles. The third-order valence-electron chi connectivity index (χ3n) is 10.2. The third-order valence-corrected chi connectivity index (χ3v) is 13.3. The van der Waals surface area contributed by atoms with E-state index in [-0.39, 0.29) is 17.6 Å². The number of anilines is 1. The van der Waals surface area contributed by atoms with Crippen molar-refractivity contribution in [3.05, 3.63) is 125 Å². The van der Waals surface area contributed by atoms with E-state index in [2.05, 4.69) is 56.5 Å². The van der Waals surface area contributed by atoms with Crippen LogP contribution in [0.5, 0.6) is 0 Å². The van der Waals surface area contributed by atoms with Crippen molar-refractivity contribution < 1.29 is 9.59 Å². The van der Waals surface area contributed by atoms with E-state index >= 15 is 0 Å². The molecule has 0 atom stereocenters. The molecule has 8 nitrogen and oxygen atoms in total. The van der Waals surface area contributed by atoms with Crippen LogP contribution in [-0.4, -0.2) is 47.6 Å². The van der Waals surface area contributed by atoms with Crippen LogP contribution in [-0.2, 0) is 36.9 Å². The summed E-state index contributed by atoms with van der Waals surface area (Å²) in [5.74, 6) is 1.40. The number of amides is 1. The van der Waals surface area contributed by atoms with Crippen LogP contribution in [0.2, 0.25) is 0 Å². The second kappa shape index (κ2) is 15.0. The molecule has 7 aromatic rings. The summed E-state index contributed by atoms with van der Waals surface area (Å²) in [7, 11) is 0. The van der Waals surface area contributed by atoms with Gasteiger partial charge in [0.05, 0.1) is 21.7 Å². The lowest BCUT2D eigenvalue weighted by molar-refractivity contribution is -0.113. The van der Waals surface area contributed by atoms with Gasteiger partial charge in [-0.2, -0.15) is 0 Å². The van der Waals surface area contributed by atoms with Crippen molar-refractivity contribution in [2.75, 3.05) is 16.8 Å². The Bertz CT molecular complexity index is 2450. The Morgan fingerprint density at radius 1 is 0.736 bits per heavy atom. The van der Waals surface area contributed by atoms with E-state index in [9.17, 15) is 9.59 Å². The molecule has 53 heavy (non-hydrogen) atoms. The Morgan fingerprint density at radius 3 is 2.26 bits per heavy atom. The number of hydrogen-bond acceptors (Lipinski definition) is 8. The summed E-state index contributed by atoms with van der Waals surface area (Å²) in [5, 5.41) is 15.2. The quantitative estimate of drug-likeness (QED) is 0.139. The van der Waals surface area contributed by atoms with Gasteiger partial charge in [-0.3, -0.25) is 18.7 Å². The number of thiazole rings is 1. The van der Waals surface area contributed by atoms with Gasteiger partial charge in [-0.15, -0.1) is 21.5 Å². The Balaban J connectivity index is 0.860. The molecule has 2 aliphatic carbocycles. The molecule has 0 aliphatic heterocycles. The third kappa shape index (κ3) is 7.05. The maximum atomic E-state index is 13.7. The zero-order valence-electron chi connectivity index (χ0n) is 29.2. The Morgan fingerprint density at radius 2 is 1.47 bits per heavy atom. The van der Waals surface area contributed by atoms with Crippen LogP contribution in [0.15, 0.2) is 100 Å². The molecule has 2 aliphatic rings. The van der Waals surface area contributed by atoms with Crippen molar-refractivity contribution in [2.45, 2.75) is 67.3 Å². The number of hydrogen-bond donors (Lipinski definition) is 1. The summed E-state index contributed by atoms with van der Waals surface area (Å²) >= 11 is 4.44. The van der Waals surface area contributed by atoms with E-state index in [1.165, 1.54) is 69.7 Å². The summed E-state index contributed by atoms with van der Waals surface area (Å²) in [6, 6.07) is 30.6. The van der Waals surface area contributed by atoms with Crippen LogP contribution in [0, 0.1) is 0 Å². The molecule has 0 spiro atoms. The molecule has 0 saturated carbocycles. The molecule has 0 unspecified atom stereocenters. The lowest BCUT2D eigenvalue weighted by Crippen LogP contribution is -2.21. The number of thioether (sulfide) groups is 2. The highest BCUT2D eigenvalue weighted by atomic mass is 32.2. The van der Waals surface area contributed by atoms with E-state index in [0.717, 1.165) is 70.2 Å². The number of rotatable bonds is 10. The van der Waals surface area contributed by atoms with E-state index < -0.39 is 0 Å². The lowest BCUT2D eigenvalue weighted by Gasteiger charge is -2.16.